The Morgan fingerprint density at radius 1 is 1.28 bits per heavy atom. The Hall–Kier alpha value is -3.74. The van der Waals surface area contributed by atoms with Crippen LogP contribution in [0, 0.1) is 0 Å². The number of pyridine rings is 2. The highest BCUT2D eigenvalue weighted by Gasteiger charge is 2.50. The van der Waals surface area contributed by atoms with E-state index in [9.17, 15) is 14.4 Å². The number of cyclic esters (lactones) is 1. The molecule has 0 N–H and O–H groups in total. The molecule has 0 unspecified atom stereocenters. The van der Waals surface area contributed by atoms with Crippen LogP contribution in [0.5, 0.6) is 0 Å². The summed E-state index contributed by atoms with van der Waals surface area (Å²) in [7, 11) is 0. The van der Waals surface area contributed by atoms with Crippen molar-refractivity contribution in [1.82, 2.24) is 9.55 Å². The van der Waals surface area contributed by atoms with Crippen LogP contribution in [0.4, 0.5) is 0 Å². The van der Waals surface area contributed by atoms with Crippen LogP contribution in [-0.4, -0.2) is 21.5 Å². The third-order valence-corrected chi connectivity index (χ3v) is 6.26. The smallest absolute Gasteiger partial charge is 0.355 e. The van der Waals surface area contributed by atoms with Crippen LogP contribution < -0.4 is 5.56 Å². The maximum Gasteiger partial charge on any atom is 0.355 e. The number of carbonyl (C=O) groups is 2. The number of benzene rings is 1. The highest BCUT2D eigenvalue weighted by atomic mass is 16.6. The van der Waals surface area contributed by atoms with Gasteiger partial charge in [0.2, 0.25) is 5.60 Å². The van der Waals surface area contributed by atoms with Gasteiger partial charge < -0.3 is 14.0 Å². The SMILES string of the molecule is CC=Cc1c2c(nc3ccccc13)-c1cc3c(c(=O)n1C2)COC(=O)[C@@]3(CC)OC(C)=O. The number of ether oxygens (including phenoxy) is 2. The second-order valence-electron chi connectivity index (χ2n) is 8.03. The number of para-hydroxylation sites is 1. The van der Waals surface area contributed by atoms with E-state index in [4.69, 9.17) is 14.5 Å². The van der Waals surface area contributed by atoms with Crippen molar-refractivity contribution in [3.63, 3.8) is 0 Å². The molecule has 0 aliphatic carbocycles. The molecule has 1 atom stereocenters. The van der Waals surface area contributed by atoms with Crippen molar-refractivity contribution in [2.24, 2.45) is 0 Å². The molecular weight excluding hydrogens is 408 g/mol. The topological polar surface area (TPSA) is 87.5 Å². The van der Waals surface area contributed by atoms with Crippen LogP contribution in [0.3, 0.4) is 0 Å². The Morgan fingerprint density at radius 2 is 2.06 bits per heavy atom. The van der Waals surface area contributed by atoms with Gasteiger partial charge >= 0.3 is 11.9 Å². The zero-order valence-electron chi connectivity index (χ0n) is 18.1. The monoisotopic (exact) mass is 430 g/mol. The standard InChI is InChI=1S/C25H22N2O5/c1-4-8-15-16-9-6-7-10-20(16)26-22-17(15)12-27-21(22)11-19-18(23(27)29)13-31-24(30)25(19,5-2)32-14(3)28/h4,6-11H,5,12-13H2,1-3H3/t25-/m0/s1. The summed E-state index contributed by atoms with van der Waals surface area (Å²) in [6.45, 7) is 5.14. The molecule has 3 aromatic rings. The fraction of sp³-hybridized carbons (Fsp3) is 0.280. The van der Waals surface area contributed by atoms with Crippen LogP contribution in [0.25, 0.3) is 28.4 Å². The normalized spacial score (nSPS) is 18.9. The van der Waals surface area contributed by atoms with Gasteiger partial charge in [0.05, 0.1) is 29.0 Å². The van der Waals surface area contributed by atoms with Crippen LogP contribution in [0.15, 0.2) is 41.2 Å². The zero-order chi connectivity index (χ0) is 22.6. The lowest BCUT2D eigenvalue weighted by Gasteiger charge is -2.35. The molecule has 2 aliphatic heterocycles. The van der Waals surface area contributed by atoms with E-state index in [-0.39, 0.29) is 18.6 Å². The Labute approximate surface area is 184 Å². The molecule has 7 nitrogen and oxygen atoms in total. The number of rotatable bonds is 3. The minimum absolute atomic E-state index is 0.149. The van der Waals surface area contributed by atoms with Gasteiger partial charge in [-0.3, -0.25) is 9.59 Å². The van der Waals surface area contributed by atoms with Crippen molar-refractivity contribution in [2.75, 3.05) is 0 Å². The molecule has 32 heavy (non-hydrogen) atoms. The molecule has 5 rings (SSSR count). The van der Waals surface area contributed by atoms with Gasteiger partial charge in [0.15, 0.2) is 0 Å². The first-order chi connectivity index (χ1) is 15.4. The first-order valence-electron chi connectivity index (χ1n) is 10.6. The maximum absolute atomic E-state index is 13.5. The second kappa shape index (κ2) is 7.15. The summed E-state index contributed by atoms with van der Waals surface area (Å²) in [5.74, 6) is -1.27. The van der Waals surface area contributed by atoms with Crippen LogP contribution in [0.1, 0.15) is 49.4 Å². The third kappa shape index (κ3) is 2.67. The number of allylic oxidation sites excluding steroid dienone is 1. The Morgan fingerprint density at radius 3 is 2.78 bits per heavy atom. The molecule has 0 spiro atoms. The molecule has 0 saturated carbocycles. The van der Waals surface area contributed by atoms with E-state index >= 15 is 0 Å². The van der Waals surface area contributed by atoms with Crippen molar-refractivity contribution < 1.29 is 19.1 Å². The lowest BCUT2D eigenvalue weighted by Crippen LogP contribution is -2.47. The first kappa shape index (κ1) is 20.2. The van der Waals surface area contributed by atoms with Gasteiger partial charge in [0.25, 0.3) is 5.56 Å². The predicted molar refractivity (Wildman–Crippen MR) is 119 cm³/mol. The van der Waals surface area contributed by atoms with E-state index < -0.39 is 17.5 Å². The number of fused-ring (bicyclic) bond motifs is 5. The Bertz CT molecular complexity index is 1400. The van der Waals surface area contributed by atoms with Gasteiger partial charge in [-0.2, -0.15) is 0 Å². The number of esters is 2. The van der Waals surface area contributed by atoms with E-state index in [1.165, 1.54) is 6.92 Å². The molecule has 0 bridgehead atoms. The molecule has 0 radical (unpaired) electrons. The molecule has 162 valence electrons. The maximum atomic E-state index is 13.5. The number of aromatic nitrogens is 2. The van der Waals surface area contributed by atoms with E-state index in [0.717, 1.165) is 22.0 Å². The summed E-state index contributed by atoms with van der Waals surface area (Å²) < 4.78 is 12.5. The minimum atomic E-state index is -1.64. The van der Waals surface area contributed by atoms with Crippen molar-refractivity contribution >= 4 is 28.9 Å². The van der Waals surface area contributed by atoms with Gasteiger partial charge in [-0.1, -0.05) is 37.3 Å². The summed E-state index contributed by atoms with van der Waals surface area (Å²) in [5.41, 5.74) is 2.91. The fourth-order valence-electron chi connectivity index (χ4n) is 4.82. The molecule has 2 aromatic heterocycles. The molecule has 0 saturated heterocycles. The van der Waals surface area contributed by atoms with Gasteiger partial charge in [0.1, 0.15) is 6.61 Å². The van der Waals surface area contributed by atoms with E-state index in [0.29, 0.717) is 29.1 Å². The molecule has 2 aliphatic rings. The van der Waals surface area contributed by atoms with Gasteiger partial charge in [-0.25, -0.2) is 9.78 Å². The first-order valence-corrected chi connectivity index (χ1v) is 10.6. The Kier molecular flexibility index (Phi) is 4.51. The number of carbonyl (C=O) groups excluding carboxylic acids is 2. The lowest BCUT2D eigenvalue weighted by atomic mass is 9.85. The van der Waals surface area contributed by atoms with E-state index in [1.807, 2.05) is 43.3 Å². The molecule has 4 heterocycles. The molecule has 7 heteroatoms. The van der Waals surface area contributed by atoms with E-state index in [1.54, 1.807) is 17.6 Å². The second-order valence-corrected chi connectivity index (χ2v) is 8.03. The average molecular weight is 430 g/mol. The molecule has 1 aromatic carbocycles. The van der Waals surface area contributed by atoms with Crippen molar-refractivity contribution in [1.29, 1.82) is 0 Å². The number of hydrogen-bond acceptors (Lipinski definition) is 6. The van der Waals surface area contributed by atoms with Gasteiger partial charge in [0, 0.05) is 23.4 Å². The summed E-state index contributed by atoms with van der Waals surface area (Å²) >= 11 is 0. The van der Waals surface area contributed by atoms with Gasteiger partial charge in [-0.15, -0.1) is 0 Å². The third-order valence-electron chi connectivity index (χ3n) is 6.26. The fourth-order valence-corrected chi connectivity index (χ4v) is 4.82. The Balaban J connectivity index is 1.83. The van der Waals surface area contributed by atoms with Crippen molar-refractivity contribution in [3.05, 3.63) is 69.0 Å². The average Bonchev–Trinajstić information content (AvgIpc) is 3.14. The van der Waals surface area contributed by atoms with Gasteiger partial charge in [-0.05, 0) is 31.0 Å². The zero-order valence-corrected chi connectivity index (χ0v) is 18.1. The van der Waals surface area contributed by atoms with E-state index in [2.05, 4.69) is 0 Å². The van der Waals surface area contributed by atoms with Crippen LogP contribution in [-0.2, 0) is 37.8 Å². The minimum Gasteiger partial charge on any atom is -0.457 e. The molecular formula is C25H22N2O5. The highest BCUT2D eigenvalue weighted by Crippen LogP contribution is 2.42. The van der Waals surface area contributed by atoms with Crippen molar-refractivity contribution in [2.45, 2.75) is 45.9 Å². The number of nitrogens with zero attached hydrogens (tertiary/aromatic N) is 2. The number of hydrogen-bond donors (Lipinski definition) is 0. The summed E-state index contributed by atoms with van der Waals surface area (Å²) in [6, 6.07) is 9.62. The quantitative estimate of drug-likeness (QED) is 0.461. The predicted octanol–water partition coefficient (Wildman–Crippen LogP) is 3.68. The van der Waals surface area contributed by atoms with Crippen LogP contribution >= 0.6 is 0 Å². The summed E-state index contributed by atoms with van der Waals surface area (Å²) in [4.78, 5) is 43.0. The lowest BCUT2D eigenvalue weighted by molar-refractivity contribution is -0.188. The van der Waals surface area contributed by atoms with Crippen molar-refractivity contribution in [3.8, 4) is 11.4 Å². The van der Waals surface area contributed by atoms with Crippen LogP contribution in [0.2, 0.25) is 0 Å². The molecule has 0 amide bonds. The highest BCUT2D eigenvalue weighted by molar-refractivity contribution is 5.93. The largest absolute Gasteiger partial charge is 0.457 e. The summed E-state index contributed by atoms with van der Waals surface area (Å²) in [5, 5.41) is 1.01. The summed E-state index contributed by atoms with van der Waals surface area (Å²) in [6.07, 6.45) is 4.15. The molecule has 0 fully saturated rings.